The van der Waals surface area contributed by atoms with E-state index < -0.39 is 0 Å². The summed E-state index contributed by atoms with van der Waals surface area (Å²) in [5, 5.41) is 8.21. The predicted octanol–water partition coefficient (Wildman–Crippen LogP) is 2.93. The average molecular weight is 274 g/mol. The van der Waals surface area contributed by atoms with Crippen LogP contribution in [0, 0.1) is 0 Å². The molecule has 5 nitrogen and oxygen atoms in total. The molecular formula is C15H22N4O. The molecule has 20 heavy (non-hydrogen) atoms. The van der Waals surface area contributed by atoms with Crippen LogP contribution in [-0.2, 0) is 0 Å². The Labute approximate surface area is 119 Å². The van der Waals surface area contributed by atoms with Crippen molar-refractivity contribution in [2.24, 2.45) is 0 Å². The molecule has 0 atom stereocenters. The molecule has 0 fully saturated rings. The predicted molar refractivity (Wildman–Crippen MR) is 79.7 cm³/mol. The fourth-order valence-corrected chi connectivity index (χ4v) is 1.91. The van der Waals surface area contributed by atoms with Gasteiger partial charge in [-0.25, -0.2) is 9.67 Å². The lowest BCUT2D eigenvalue weighted by Gasteiger charge is -2.24. The summed E-state index contributed by atoms with van der Waals surface area (Å²) in [5.41, 5.74) is 1.17. The van der Waals surface area contributed by atoms with Crippen molar-refractivity contribution < 1.29 is 4.79 Å². The summed E-state index contributed by atoms with van der Waals surface area (Å²) >= 11 is 0. The van der Waals surface area contributed by atoms with Gasteiger partial charge >= 0.3 is 0 Å². The number of nitrogens with zero attached hydrogens (tertiary/aromatic N) is 3. The normalized spacial score (nSPS) is 12.1. The molecule has 0 saturated heterocycles. The summed E-state index contributed by atoms with van der Waals surface area (Å²) in [4.78, 5) is 16.6. The first-order valence-electron chi connectivity index (χ1n) is 7.00. The zero-order valence-corrected chi connectivity index (χ0v) is 12.8. The summed E-state index contributed by atoms with van der Waals surface area (Å²) < 4.78 is 1.85. The summed E-state index contributed by atoms with van der Waals surface area (Å²) in [5.74, 6) is -0.0939. The molecule has 0 spiro atoms. The zero-order chi connectivity index (χ0) is 14.9. The van der Waals surface area contributed by atoms with E-state index in [1.54, 1.807) is 12.4 Å². The third-order valence-corrected chi connectivity index (χ3v) is 3.52. The second-order valence-corrected chi connectivity index (χ2v) is 6.01. The van der Waals surface area contributed by atoms with Crippen molar-refractivity contribution >= 4 is 16.9 Å². The van der Waals surface area contributed by atoms with Crippen LogP contribution in [0.4, 0.5) is 0 Å². The molecule has 0 aliphatic carbocycles. The minimum Gasteiger partial charge on any atom is -0.347 e. The molecule has 0 radical (unpaired) electrons. The topological polar surface area (TPSA) is 59.8 Å². The lowest BCUT2D eigenvalue weighted by molar-refractivity contribution is 0.0911. The smallest absolute Gasteiger partial charge is 0.253 e. The maximum absolute atomic E-state index is 12.2. The van der Waals surface area contributed by atoms with E-state index in [1.165, 1.54) is 0 Å². The van der Waals surface area contributed by atoms with Crippen molar-refractivity contribution in [1.82, 2.24) is 20.1 Å². The fraction of sp³-hybridized carbons (Fsp3) is 0.533. The first-order valence-corrected chi connectivity index (χ1v) is 7.00. The molecule has 0 aromatic carbocycles. The van der Waals surface area contributed by atoms with Gasteiger partial charge in [0, 0.05) is 23.2 Å². The van der Waals surface area contributed by atoms with E-state index in [9.17, 15) is 4.79 Å². The molecule has 0 aliphatic heterocycles. The van der Waals surface area contributed by atoms with Gasteiger partial charge in [0.2, 0.25) is 0 Å². The van der Waals surface area contributed by atoms with Crippen LogP contribution in [0.15, 0.2) is 18.5 Å². The van der Waals surface area contributed by atoms with Gasteiger partial charge in [0.05, 0.1) is 11.8 Å². The standard InChI is InChI=1S/C15H22N4O/c1-6-15(4,5)18-14(20)12-7-11-9-17-19(10(2)3)13(11)16-8-12/h7-10H,6H2,1-5H3,(H,18,20). The number of nitrogens with one attached hydrogen (secondary N) is 1. The van der Waals surface area contributed by atoms with Crippen molar-refractivity contribution in [2.45, 2.75) is 52.6 Å². The van der Waals surface area contributed by atoms with E-state index in [1.807, 2.05) is 31.5 Å². The van der Waals surface area contributed by atoms with Gasteiger partial charge < -0.3 is 5.32 Å². The lowest BCUT2D eigenvalue weighted by Crippen LogP contribution is -2.42. The number of carbonyl (C=O) groups is 1. The Morgan fingerprint density at radius 2 is 2.10 bits per heavy atom. The van der Waals surface area contributed by atoms with Crippen molar-refractivity contribution in [1.29, 1.82) is 0 Å². The van der Waals surface area contributed by atoms with Gasteiger partial charge in [-0.2, -0.15) is 5.10 Å². The Kier molecular flexibility index (Phi) is 3.79. The number of hydrogen-bond acceptors (Lipinski definition) is 3. The average Bonchev–Trinajstić information content (AvgIpc) is 2.81. The molecule has 2 rings (SSSR count). The SMILES string of the molecule is CCC(C)(C)NC(=O)c1cnc2c(cnn2C(C)C)c1. The van der Waals surface area contributed by atoms with Crippen molar-refractivity contribution in [2.75, 3.05) is 0 Å². The van der Waals surface area contributed by atoms with Gasteiger partial charge in [-0.05, 0) is 40.2 Å². The molecule has 0 saturated carbocycles. The monoisotopic (exact) mass is 274 g/mol. The first-order chi connectivity index (χ1) is 9.34. The number of carbonyl (C=O) groups excluding carboxylic acids is 1. The molecule has 0 unspecified atom stereocenters. The number of aromatic nitrogens is 3. The van der Waals surface area contributed by atoms with Crippen LogP contribution in [0.25, 0.3) is 11.0 Å². The lowest BCUT2D eigenvalue weighted by atomic mass is 10.0. The van der Waals surface area contributed by atoms with E-state index in [0.29, 0.717) is 5.56 Å². The minimum atomic E-state index is -0.214. The maximum Gasteiger partial charge on any atom is 0.253 e. The van der Waals surface area contributed by atoms with Crippen LogP contribution in [0.1, 0.15) is 57.4 Å². The van der Waals surface area contributed by atoms with Crippen molar-refractivity contribution in [3.8, 4) is 0 Å². The van der Waals surface area contributed by atoms with Gasteiger partial charge in [0.1, 0.15) is 0 Å². The molecule has 2 aromatic heterocycles. The Morgan fingerprint density at radius 3 is 2.70 bits per heavy atom. The van der Waals surface area contributed by atoms with Gasteiger partial charge in [-0.3, -0.25) is 4.79 Å². The van der Waals surface area contributed by atoms with Crippen LogP contribution in [0.5, 0.6) is 0 Å². The Morgan fingerprint density at radius 1 is 1.40 bits per heavy atom. The highest BCUT2D eigenvalue weighted by atomic mass is 16.1. The summed E-state index contributed by atoms with van der Waals surface area (Å²) in [6, 6.07) is 2.09. The first kappa shape index (κ1) is 14.5. The minimum absolute atomic E-state index is 0.0939. The third kappa shape index (κ3) is 2.81. The summed E-state index contributed by atoms with van der Waals surface area (Å²) in [7, 11) is 0. The highest BCUT2D eigenvalue weighted by molar-refractivity contribution is 5.97. The van der Waals surface area contributed by atoms with E-state index >= 15 is 0 Å². The van der Waals surface area contributed by atoms with Gasteiger partial charge in [0.25, 0.3) is 5.91 Å². The van der Waals surface area contributed by atoms with Gasteiger partial charge in [-0.1, -0.05) is 6.92 Å². The van der Waals surface area contributed by atoms with Crippen LogP contribution in [-0.4, -0.2) is 26.2 Å². The van der Waals surface area contributed by atoms with Gasteiger partial charge in [-0.15, -0.1) is 0 Å². The van der Waals surface area contributed by atoms with E-state index in [-0.39, 0.29) is 17.5 Å². The Hall–Kier alpha value is -1.91. The van der Waals surface area contributed by atoms with E-state index in [0.717, 1.165) is 17.5 Å². The number of pyridine rings is 1. The highest BCUT2D eigenvalue weighted by Crippen LogP contribution is 2.17. The quantitative estimate of drug-likeness (QED) is 0.932. The molecule has 2 heterocycles. The molecular weight excluding hydrogens is 252 g/mol. The largest absolute Gasteiger partial charge is 0.347 e. The van der Waals surface area contributed by atoms with E-state index in [4.69, 9.17) is 0 Å². The highest BCUT2D eigenvalue weighted by Gasteiger charge is 2.19. The van der Waals surface area contributed by atoms with Crippen molar-refractivity contribution in [3.63, 3.8) is 0 Å². The van der Waals surface area contributed by atoms with Gasteiger partial charge in [0.15, 0.2) is 5.65 Å². The number of rotatable bonds is 4. The maximum atomic E-state index is 12.2. The summed E-state index contributed by atoms with van der Waals surface area (Å²) in [6.07, 6.45) is 4.24. The van der Waals surface area contributed by atoms with E-state index in [2.05, 4.69) is 29.2 Å². The van der Waals surface area contributed by atoms with Crippen LogP contribution in [0.2, 0.25) is 0 Å². The Balaban J connectivity index is 2.31. The molecule has 108 valence electrons. The van der Waals surface area contributed by atoms with Crippen LogP contribution < -0.4 is 5.32 Å². The molecule has 0 aliphatic rings. The number of fused-ring (bicyclic) bond motifs is 1. The second-order valence-electron chi connectivity index (χ2n) is 6.01. The van der Waals surface area contributed by atoms with Crippen molar-refractivity contribution in [3.05, 3.63) is 24.0 Å². The fourth-order valence-electron chi connectivity index (χ4n) is 1.91. The zero-order valence-electron chi connectivity index (χ0n) is 12.8. The van der Waals surface area contributed by atoms with Crippen LogP contribution >= 0.6 is 0 Å². The Bertz CT molecular complexity index is 628. The third-order valence-electron chi connectivity index (χ3n) is 3.52. The second kappa shape index (κ2) is 5.23. The number of amides is 1. The number of hydrogen-bond donors (Lipinski definition) is 1. The summed E-state index contributed by atoms with van der Waals surface area (Å²) in [6.45, 7) is 10.2. The molecule has 0 bridgehead atoms. The van der Waals surface area contributed by atoms with Crippen LogP contribution in [0.3, 0.4) is 0 Å². The molecule has 1 N–H and O–H groups in total. The molecule has 5 heteroatoms. The molecule has 1 amide bonds. The molecule has 2 aromatic rings.